The lowest BCUT2D eigenvalue weighted by Gasteiger charge is -1.99. The monoisotopic (exact) mass is 238 g/mol. The van der Waals surface area contributed by atoms with Crippen LogP contribution in [0.3, 0.4) is 0 Å². The van der Waals surface area contributed by atoms with Crippen LogP contribution in [0.5, 0.6) is 0 Å². The first-order valence-corrected chi connectivity index (χ1v) is 4.50. The zero-order chi connectivity index (χ0) is 9.26. The van der Waals surface area contributed by atoms with Crippen molar-refractivity contribution in [3.8, 4) is 11.3 Å². The number of benzene rings is 1. The number of nitrogen functional groups attached to an aromatic ring is 1. The van der Waals surface area contributed by atoms with Crippen LogP contribution in [-0.4, -0.2) is 4.98 Å². The molecule has 0 fully saturated rings. The number of rotatable bonds is 1. The summed E-state index contributed by atoms with van der Waals surface area (Å²) in [5, 5.41) is 0. The highest BCUT2D eigenvalue weighted by atomic mass is 79.9. The maximum absolute atomic E-state index is 5.72. The topological polar surface area (TPSA) is 52.0 Å². The lowest BCUT2D eigenvalue weighted by atomic mass is 10.1. The molecule has 1 heterocycles. The molecule has 1 aromatic heterocycles. The number of anilines is 1. The fraction of sp³-hybridized carbons (Fsp3) is 0. The van der Waals surface area contributed by atoms with E-state index < -0.39 is 0 Å². The predicted molar refractivity (Wildman–Crippen MR) is 54.1 cm³/mol. The van der Waals surface area contributed by atoms with Crippen LogP contribution in [0.25, 0.3) is 11.3 Å². The number of hydrogen-bond donors (Lipinski definition) is 1. The quantitative estimate of drug-likeness (QED) is 0.778. The van der Waals surface area contributed by atoms with Gasteiger partial charge in [0.25, 0.3) is 0 Å². The first kappa shape index (κ1) is 8.31. The SMILES string of the molecule is Nc1cc(-c2cocn2)ccc1Br. The Bertz CT molecular complexity index is 412. The molecule has 0 aliphatic carbocycles. The fourth-order valence-electron chi connectivity index (χ4n) is 1.06. The van der Waals surface area contributed by atoms with E-state index in [1.54, 1.807) is 6.26 Å². The number of halogens is 1. The van der Waals surface area contributed by atoms with Gasteiger partial charge >= 0.3 is 0 Å². The van der Waals surface area contributed by atoms with Crippen molar-refractivity contribution in [1.29, 1.82) is 0 Å². The second-order valence-corrected chi connectivity index (χ2v) is 3.46. The third kappa shape index (κ3) is 1.58. The average Bonchev–Trinajstić information content (AvgIpc) is 2.62. The van der Waals surface area contributed by atoms with Crippen molar-refractivity contribution in [2.24, 2.45) is 0 Å². The maximum Gasteiger partial charge on any atom is 0.181 e. The molecule has 0 radical (unpaired) electrons. The lowest BCUT2D eigenvalue weighted by Crippen LogP contribution is -1.87. The number of nitrogens with two attached hydrogens (primary N) is 1. The van der Waals surface area contributed by atoms with Gasteiger partial charge in [0.05, 0.1) is 0 Å². The minimum absolute atomic E-state index is 0.695. The molecule has 0 bridgehead atoms. The number of oxazole rings is 1. The summed E-state index contributed by atoms with van der Waals surface area (Å²) in [7, 11) is 0. The molecule has 0 unspecified atom stereocenters. The van der Waals surface area contributed by atoms with Crippen molar-refractivity contribution < 1.29 is 4.42 Å². The van der Waals surface area contributed by atoms with E-state index in [9.17, 15) is 0 Å². The van der Waals surface area contributed by atoms with Crippen LogP contribution in [0.15, 0.2) is 39.7 Å². The Morgan fingerprint density at radius 1 is 1.38 bits per heavy atom. The molecule has 2 aromatic rings. The van der Waals surface area contributed by atoms with Gasteiger partial charge in [-0.25, -0.2) is 4.98 Å². The standard InChI is InChI=1S/C9H7BrN2O/c10-7-2-1-6(3-8(7)11)9-4-13-5-12-9/h1-5H,11H2. The van der Waals surface area contributed by atoms with E-state index in [-0.39, 0.29) is 0 Å². The van der Waals surface area contributed by atoms with Gasteiger partial charge in [-0.3, -0.25) is 0 Å². The molecule has 1 aromatic carbocycles. The van der Waals surface area contributed by atoms with Crippen molar-refractivity contribution in [2.75, 3.05) is 5.73 Å². The molecule has 66 valence electrons. The van der Waals surface area contributed by atoms with Crippen LogP contribution in [0.4, 0.5) is 5.69 Å². The van der Waals surface area contributed by atoms with E-state index in [4.69, 9.17) is 10.2 Å². The summed E-state index contributed by atoms with van der Waals surface area (Å²) in [6.07, 6.45) is 2.98. The highest BCUT2D eigenvalue weighted by molar-refractivity contribution is 9.10. The summed E-state index contributed by atoms with van der Waals surface area (Å²) >= 11 is 3.32. The molecule has 2 N–H and O–H groups in total. The van der Waals surface area contributed by atoms with Gasteiger partial charge in [-0.2, -0.15) is 0 Å². The summed E-state index contributed by atoms with van der Waals surface area (Å²) in [4.78, 5) is 4.02. The molecule has 0 atom stereocenters. The van der Waals surface area contributed by atoms with Crippen molar-refractivity contribution in [3.05, 3.63) is 35.3 Å². The third-order valence-corrected chi connectivity index (χ3v) is 2.45. The van der Waals surface area contributed by atoms with Gasteiger partial charge < -0.3 is 10.2 Å². The second-order valence-electron chi connectivity index (χ2n) is 2.61. The first-order valence-electron chi connectivity index (χ1n) is 3.71. The molecule has 2 rings (SSSR count). The minimum atomic E-state index is 0.695. The second kappa shape index (κ2) is 3.22. The van der Waals surface area contributed by atoms with E-state index in [2.05, 4.69) is 20.9 Å². The molecule has 0 saturated carbocycles. The van der Waals surface area contributed by atoms with Crippen LogP contribution in [0.1, 0.15) is 0 Å². The van der Waals surface area contributed by atoms with Gasteiger partial charge in [0.2, 0.25) is 0 Å². The zero-order valence-electron chi connectivity index (χ0n) is 6.70. The van der Waals surface area contributed by atoms with Crippen LogP contribution in [0, 0.1) is 0 Å². The third-order valence-electron chi connectivity index (χ3n) is 1.72. The van der Waals surface area contributed by atoms with Gasteiger partial charge in [0.1, 0.15) is 12.0 Å². The molecule has 0 aliphatic rings. The van der Waals surface area contributed by atoms with Crippen LogP contribution >= 0.6 is 15.9 Å². The smallest absolute Gasteiger partial charge is 0.181 e. The summed E-state index contributed by atoms with van der Waals surface area (Å²) in [6.45, 7) is 0. The summed E-state index contributed by atoms with van der Waals surface area (Å²) in [5.74, 6) is 0. The Hall–Kier alpha value is -1.29. The molecule has 0 saturated heterocycles. The van der Waals surface area contributed by atoms with Crippen molar-refractivity contribution in [1.82, 2.24) is 4.98 Å². The van der Waals surface area contributed by atoms with E-state index in [1.165, 1.54) is 6.39 Å². The Morgan fingerprint density at radius 2 is 2.23 bits per heavy atom. The normalized spacial score (nSPS) is 10.2. The molecule has 4 heteroatoms. The van der Waals surface area contributed by atoms with Crippen LogP contribution in [-0.2, 0) is 0 Å². The molecule has 0 spiro atoms. The molecular weight excluding hydrogens is 232 g/mol. The van der Waals surface area contributed by atoms with Gasteiger partial charge in [-0.15, -0.1) is 0 Å². The van der Waals surface area contributed by atoms with Crippen LogP contribution < -0.4 is 5.73 Å². The van der Waals surface area contributed by atoms with Crippen LogP contribution in [0.2, 0.25) is 0 Å². The van der Waals surface area contributed by atoms with Crippen molar-refractivity contribution >= 4 is 21.6 Å². The van der Waals surface area contributed by atoms with E-state index in [0.29, 0.717) is 5.69 Å². The molecule has 0 aliphatic heterocycles. The number of hydrogen-bond acceptors (Lipinski definition) is 3. The predicted octanol–water partition coefficient (Wildman–Crippen LogP) is 2.69. The van der Waals surface area contributed by atoms with E-state index >= 15 is 0 Å². The Balaban J connectivity index is 2.49. The first-order chi connectivity index (χ1) is 6.27. The maximum atomic E-state index is 5.72. The summed E-state index contributed by atoms with van der Waals surface area (Å²) in [5.41, 5.74) is 8.16. The summed E-state index contributed by atoms with van der Waals surface area (Å²) < 4.78 is 5.76. The summed E-state index contributed by atoms with van der Waals surface area (Å²) in [6, 6.07) is 5.67. The lowest BCUT2D eigenvalue weighted by molar-refractivity contribution is 0.558. The Morgan fingerprint density at radius 3 is 2.85 bits per heavy atom. The highest BCUT2D eigenvalue weighted by Gasteiger charge is 2.02. The number of aromatic nitrogens is 1. The Kier molecular flexibility index (Phi) is 2.06. The largest absolute Gasteiger partial charge is 0.451 e. The fourth-order valence-corrected chi connectivity index (χ4v) is 1.30. The van der Waals surface area contributed by atoms with Gasteiger partial charge in [-0.05, 0) is 28.1 Å². The van der Waals surface area contributed by atoms with Crippen molar-refractivity contribution in [2.45, 2.75) is 0 Å². The van der Waals surface area contributed by atoms with Gasteiger partial charge in [0.15, 0.2) is 6.39 Å². The number of nitrogens with zero attached hydrogens (tertiary/aromatic N) is 1. The Labute approximate surface area is 83.7 Å². The minimum Gasteiger partial charge on any atom is -0.451 e. The molecule has 3 nitrogen and oxygen atoms in total. The molecule has 13 heavy (non-hydrogen) atoms. The molecule has 0 amide bonds. The average molecular weight is 239 g/mol. The highest BCUT2D eigenvalue weighted by Crippen LogP contribution is 2.25. The van der Waals surface area contributed by atoms with Gasteiger partial charge in [-0.1, -0.05) is 6.07 Å². The van der Waals surface area contributed by atoms with E-state index in [0.717, 1.165) is 15.7 Å². The zero-order valence-corrected chi connectivity index (χ0v) is 8.28. The molecular formula is C9H7BrN2O. The van der Waals surface area contributed by atoms with E-state index in [1.807, 2.05) is 18.2 Å². The van der Waals surface area contributed by atoms with Crippen molar-refractivity contribution in [3.63, 3.8) is 0 Å². The van der Waals surface area contributed by atoms with Gasteiger partial charge in [0, 0.05) is 15.7 Å².